The Morgan fingerprint density at radius 1 is 1.04 bits per heavy atom. The Labute approximate surface area is 144 Å². The first-order chi connectivity index (χ1) is 11.6. The van der Waals surface area contributed by atoms with Crippen molar-refractivity contribution in [1.82, 2.24) is 10.2 Å². The monoisotopic (exact) mass is 328 g/mol. The highest BCUT2D eigenvalue weighted by Gasteiger charge is 2.30. The lowest BCUT2D eigenvalue weighted by atomic mass is 9.98. The van der Waals surface area contributed by atoms with Gasteiger partial charge >= 0.3 is 0 Å². The molecule has 2 amide bonds. The van der Waals surface area contributed by atoms with Gasteiger partial charge in [0, 0.05) is 24.2 Å². The highest BCUT2D eigenvalue weighted by atomic mass is 16.2. The van der Waals surface area contributed by atoms with Crippen LogP contribution < -0.4 is 5.32 Å². The fourth-order valence-corrected chi connectivity index (χ4v) is 3.21. The van der Waals surface area contributed by atoms with Crippen molar-refractivity contribution in [1.29, 1.82) is 0 Å². The average Bonchev–Trinajstić information content (AvgIpc) is 2.90. The van der Waals surface area contributed by atoms with E-state index in [9.17, 15) is 9.59 Å². The molecule has 1 aromatic carbocycles. The van der Waals surface area contributed by atoms with Crippen LogP contribution in [0.3, 0.4) is 0 Å². The number of hydrogen-bond donors (Lipinski definition) is 1. The minimum absolute atomic E-state index is 0.0155. The number of imide groups is 1. The second-order valence-electron chi connectivity index (χ2n) is 6.54. The molecule has 0 aliphatic carbocycles. The second kappa shape index (κ2) is 9.38. The lowest BCUT2D eigenvalue weighted by Gasteiger charge is -2.28. The summed E-state index contributed by atoms with van der Waals surface area (Å²) in [5.74, 6) is -0.530. The Hall–Kier alpha value is -1.94. The van der Waals surface area contributed by atoms with Crippen molar-refractivity contribution in [2.45, 2.75) is 58.0 Å². The van der Waals surface area contributed by atoms with Crippen LogP contribution in [0.25, 0.3) is 0 Å². The van der Waals surface area contributed by atoms with Crippen molar-refractivity contribution in [3.05, 3.63) is 47.5 Å². The number of amides is 2. The molecule has 1 aromatic rings. The fraction of sp³-hybridized carbons (Fsp3) is 0.500. The number of nitrogens with one attached hydrogen (secondary N) is 1. The van der Waals surface area contributed by atoms with Gasteiger partial charge in [0.2, 0.25) is 0 Å². The van der Waals surface area contributed by atoms with Crippen molar-refractivity contribution in [3.8, 4) is 0 Å². The number of nitrogens with zero attached hydrogens (tertiary/aromatic N) is 1. The minimum atomic E-state index is -0.293. The molecule has 130 valence electrons. The number of carbonyl (C=O) groups is 2. The summed E-state index contributed by atoms with van der Waals surface area (Å²) in [7, 11) is 2.03. The van der Waals surface area contributed by atoms with Gasteiger partial charge in [-0.15, -0.1) is 0 Å². The van der Waals surface area contributed by atoms with Gasteiger partial charge in [0.25, 0.3) is 11.8 Å². The van der Waals surface area contributed by atoms with Crippen LogP contribution in [0.4, 0.5) is 0 Å². The number of carbonyl (C=O) groups excluding carboxylic acids is 2. The molecule has 0 bridgehead atoms. The molecule has 0 aromatic heterocycles. The van der Waals surface area contributed by atoms with E-state index in [0.29, 0.717) is 5.57 Å². The van der Waals surface area contributed by atoms with Crippen LogP contribution in [0.1, 0.15) is 51.0 Å². The highest BCUT2D eigenvalue weighted by Crippen LogP contribution is 2.22. The molecule has 1 aliphatic rings. The van der Waals surface area contributed by atoms with Gasteiger partial charge in [-0.1, -0.05) is 69.4 Å². The van der Waals surface area contributed by atoms with Gasteiger partial charge in [-0.05, 0) is 19.0 Å². The molecule has 0 radical (unpaired) electrons. The van der Waals surface area contributed by atoms with Crippen molar-refractivity contribution in [2.75, 3.05) is 7.05 Å². The van der Waals surface area contributed by atoms with Crippen LogP contribution in [0.5, 0.6) is 0 Å². The Kier molecular flexibility index (Phi) is 7.19. The first-order valence-corrected chi connectivity index (χ1v) is 8.93. The summed E-state index contributed by atoms with van der Waals surface area (Å²) in [4.78, 5) is 25.8. The summed E-state index contributed by atoms with van der Waals surface area (Å²) in [6, 6.07) is 10.2. The van der Waals surface area contributed by atoms with E-state index in [-0.39, 0.29) is 17.9 Å². The van der Waals surface area contributed by atoms with Crippen molar-refractivity contribution in [3.63, 3.8) is 0 Å². The highest BCUT2D eigenvalue weighted by molar-refractivity contribution is 6.16. The number of unbranched alkanes of at least 4 members (excludes halogenated alkanes) is 4. The van der Waals surface area contributed by atoms with E-state index in [2.05, 4.69) is 29.3 Å². The lowest BCUT2D eigenvalue weighted by molar-refractivity contribution is -0.124. The van der Waals surface area contributed by atoms with E-state index < -0.39 is 0 Å². The molecule has 1 unspecified atom stereocenters. The maximum Gasteiger partial charge on any atom is 0.255 e. The quantitative estimate of drug-likeness (QED) is 0.529. The molecule has 0 saturated heterocycles. The van der Waals surface area contributed by atoms with Gasteiger partial charge in [-0.25, -0.2) is 0 Å². The minimum Gasteiger partial charge on any atom is -0.295 e. The van der Waals surface area contributed by atoms with E-state index in [1.807, 2.05) is 25.2 Å². The second-order valence-corrected chi connectivity index (χ2v) is 6.54. The Morgan fingerprint density at radius 3 is 2.38 bits per heavy atom. The zero-order chi connectivity index (χ0) is 17.4. The normalized spacial score (nSPS) is 15.5. The number of likely N-dealkylation sites (N-methyl/N-ethyl adjacent to an activating group) is 1. The molecule has 0 saturated carbocycles. The van der Waals surface area contributed by atoms with Crippen LogP contribution in [-0.4, -0.2) is 29.8 Å². The maximum atomic E-state index is 12.1. The molecule has 2 rings (SSSR count). The van der Waals surface area contributed by atoms with Crippen LogP contribution in [0.2, 0.25) is 0 Å². The Bertz CT molecular complexity index is 581. The zero-order valence-electron chi connectivity index (χ0n) is 14.8. The average molecular weight is 328 g/mol. The third-order valence-corrected chi connectivity index (χ3v) is 4.53. The van der Waals surface area contributed by atoms with Gasteiger partial charge in [0.1, 0.15) is 0 Å². The van der Waals surface area contributed by atoms with E-state index in [0.717, 1.165) is 19.4 Å². The summed E-state index contributed by atoms with van der Waals surface area (Å²) in [5, 5.41) is 2.38. The summed E-state index contributed by atoms with van der Waals surface area (Å²) < 4.78 is 0. The first-order valence-electron chi connectivity index (χ1n) is 8.93. The molecule has 4 heteroatoms. The number of rotatable bonds is 10. The Morgan fingerprint density at radius 2 is 1.75 bits per heavy atom. The van der Waals surface area contributed by atoms with Gasteiger partial charge in [-0.2, -0.15) is 0 Å². The van der Waals surface area contributed by atoms with Crippen molar-refractivity contribution < 1.29 is 9.59 Å². The smallest absolute Gasteiger partial charge is 0.255 e. The molecule has 24 heavy (non-hydrogen) atoms. The molecule has 0 fully saturated rings. The number of benzene rings is 1. The zero-order valence-corrected chi connectivity index (χ0v) is 14.8. The van der Waals surface area contributed by atoms with Crippen LogP contribution in [0.15, 0.2) is 42.0 Å². The van der Waals surface area contributed by atoms with E-state index in [1.54, 1.807) is 0 Å². The van der Waals surface area contributed by atoms with E-state index >= 15 is 0 Å². The predicted octanol–water partition coefficient (Wildman–Crippen LogP) is 3.43. The largest absolute Gasteiger partial charge is 0.295 e. The summed E-state index contributed by atoms with van der Waals surface area (Å²) >= 11 is 0. The fourth-order valence-electron chi connectivity index (χ4n) is 3.21. The molecule has 1 atom stereocenters. The van der Waals surface area contributed by atoms with Crippen molar-refractivity contribution in [2.24, 2.45) is 0 Å². The van der Waals surface area contributed by atoms with E-state index in [1.165, 1.54) is 37.3 Å². The summed E-state index contributed by atoms with van der Waals surface area (Å²) in [5.41, 5.74) is 1.82. The molecule has 4 nitrogen and oxygen atoms in total. The van der Waals surface area contributed by atoms with E-state index in [4.69, 9.17) is 0 Å². The van der Waals surface area contributed by atoms with Crippen LogP contribution >= 0.6 is 0 Å². The van der Waals surface area contributed by atoms with Crippen LogP contribution in [0, 0.1) is 0 Å². The molecular formula is C20H28N2O2. The third kappa shape index (κ3) is 5.31. The molecule has 0 spiro atoms. The summed E-state index contributed by atoms with van der Waals surface area (Å²) in [6.07, 6.45) is 8.33. The van der Waals surface area contributed by atoms with Gasteiger partial charge in [0.15, 0.2) is 0 Å². The number of hydrogen-bond acceptors (Lipinski definition) is 3. The molecule has 1 heterocycles. The molecule has 1 aliphatic heterocycles. The maximum absolute atomic E-state index is 12.1. The van der Waals surface area contributed by atoms with Gasteiger partial charge in [-0.3, -0.25) is 19.8 Å². The first kappa shape index (κ1) is 18.4. The SMILES string of the molecule is CCCCCCCC(C1=CC(=O)NC1=O)N(C)Cc1ccccc1. The van der Waals surface area contributed by atoms with Gasteiger partial charge in [0.05, 0.1) is 0 Å². The molecular weight excluding hydrogens is 300 g/mol. The lowest BCUT2D eigenvalue weighted by Crippen LogP contribution is -2.36. The predicted molar refractivity (Wildman–Crippen MR) is 96.3 cm³/mol. The van der Waals surface area contributed by atoms with Gasteiger partial charge < -0.3 is 0 Å². The summed E-state index contributed by atoms with van der Waals surface area (Å²) in [6.45, 7) is 2.97. The molecule has 1 N–H and O–H groups in total. The topological polar surface area (TPSA) is 49.4 Å². The Balaban J connectivity index is 2.02. The van der Waals surface area contributed by atoms with Crippen LogP contribution in [-0.2, 0) is 16.1 Å². The third-order valence-electron chi connectivity index (χ3n) is 4.53. The standard InChI is InChI=1S/C20H28N2O2/c1-3-4-5-6-10-13-18(17-14-19(23)21-20(17)24)22(2)15-16-11-8-7-9-12-16/h7-9,11-12,14,18H,3-6,10,13,15H2,1-2H3,(H,21,23,24). The van der Waals surface area contributed by atoms with Crippen molar-refractivity contribution >= 4 is 11.8 Å².